The summed E-state index contributed by atoms with van der Waals surface area (Å²) in [6.45, 7) is 9.00. The van der Waals surface area contributed by atoms with Crippen LogP contribution in [0.25, 0.3) is 0 Å². The van der Waals surface area contributed by atoms with Crippen molar-refractivity contribution in [1.29, 1.82) is 0 Å². The summed E-state index contributed by atoms with van der Waals surface area (Å²) in [5, 5.41) is 12.1. The Bertz CT molecular complexity index is 726. The molecule has 11 heteroatoms. The summed E-state index contributed by atoms with van der Waals surface area (Å²) in [6, 6.07) is 1.74. The number of aromatic amines is 1. The molecule has 174 valence electrons. The second-order valence-electron chi connectivity index (χ2n) is 9.35. The molecule has 0 unspecified atom stereocenters. The van der Waals surface area contributed by atoms with Crippen LogP contribution in [-0.2, 0) is 18.5 Å². The van der Waals surface area contributed by atoms with Crippen molar-refractivity contribution in [3.05, 3.63) is 12.3 Å². The predicted molar refractivity (Wildman–Crippen MR) is 121 cm³/mol. The molecule has 3 N–H and O–H groups in total. The van der Waals surface area contributed by atoms with Crippen molar-refractivity contribution in [3.63, 3.8) is 0 Å². The maximum atomic E-state index is 11.8. The Hall–Kier alpha value is -0.962. The number of hydrogen-bond acceptors (Lipinski definition) is 7. The molecule has 31 heavy (non-hydrogen) atoms. The van der Waals surface area contributed by atoms with Gasteiger partial charge in [0.1, 0.15) is 5.82 Å². The van der Waals surface area contributed by atoms with Gasteiger partial charge in [0.2, 0.25) is 5.91 Å². The minimum atomic E-state index is -1.38. The van der Waals surface area contributed by atoms with Crippen LogP contribution in [0, 0.1) is 5.92 Å². The van der Waals surface area contributed by atoms with Gasteiger partial charge in [-0.15, -0.1) is 0 Å². The molecule has 1 aliphatic heterocycles. The molecule has 3 aliphatic rings. The summed E-state index contributed by atoms with van der Waals surface area (Å²) in [6.07, 6.45) is 5.30. The molecule has 0 radical (unpaired) electrons. The van der Waals surface area contributed by atoms with Gasteiger partial charge >= 0.3 is 93.9 Å². The molecule has 2 aliphatic carbocycles. The van der Waals surface area contributed by atoms with E-state index in [1.165, 1.54) is 9.13 Å². The van der Waals surface area contributed by atoms with Crippen LogP contribution in [0.4, 0.5) is 10.6 Å². The van der Waals surface area contributed by atoms with Crippen LogP contribution in [0.5, 0.6) is 0 Å². The van der Waals surface area contributed by atoms with Crippen LogP contribution < -0.4 is 10.6 Å². The van der Waals surface area contributed by atoms with Gasteiger partial charge in [-0.05, 0) is 33.6 Å². The third-order valence-corrected chi connectivity index (χ3v) is 13.2. The van der Waals surface area contributed by atoms with E-state index in [1.807, 2.05) is 27.7 Å². The monoisotopic (exact) mass is 562 g/mol. The fourth-order valence-electron chi connectivity index (χ4n) is 3.06. The van der Waals surface area contributed by atoms with E-state index >= 15 is 0 Å². The Balaban J connectivity index is 0.000000179. The Morgan fingerprint density at radius 2 is 2.10 bits per heavy atom. The van der Waals surface area contributed by atoms with Gasteiger partial charge in [0.15, 0.2) is 0 Å². The third kappa shape index (κ3) is 8.83. The summed E-state index contributed by atoms with van der Waals surface area (Å²) in [7, 11) is 1.41. The zero-order valence-corrected chi connectivity index (χ0v) is 22.0. The molecule has 2 heterocycles. The number of carbonyl (C=O) groups excluding carboxylic acids is 2. The molecule has 0 atom stereocenters. The Kier molecular flexibility index (Phi) is 8.57. The summed E-state index contributed by atoms with van der Waals surface area (Å²) < 4.78 is 18.2. The van der Waals surface area contributed by atoms with E-state index in [0.29, 0.717) is 5.82 Å². The summed E-state index contributed by atoms with van der Waals surface area (Å²) in [5.41, 5.74) is -0.105. The number of rotatable bonds is 6. The van der Waals surface area contributed by atoms with Crippen LogP contribution in [-0.4, -0.2) is 69.4 Å². The first-order valence-corrected chi connectivity index (χ1v) is 18.0. The van der Waals surface area contributed by atoms with Crippen LogP contribution in [0.1, 0.15) is 53.4 Å². The van der Waals surface area contributed by atoms with E-state index in [0.717, 1.165) is 41.2 Å². The number of anilines is 1. The van der Waals surface area contributed by atoms with Gasteiger partial charge in [0, 0.05) is 12.0 Å². The Morgan fingerprint density at radius 3 is 2.65 bits per heavy atom. The van der Waals surface area contributed by atoms with Crippen molar-refractivity contribution < 1.29 is 23.2 Å². The van der Waals surface area contributed by atoms with E-state index in [-0.39, 0.29) is 35.2 Å². The average Bonchev–Trinajstić information content (AvgIpc) is 3.09. The van der Waals surface area contributed by atoms with Crippen LogP contribution in [0.3, 0.4) is 0 Å². The number of amides is 2. The zero-order valence-electron chi connectivity index (χ0n) is 18.6. The second kappa shape index (κ2) is 10.8. The van der Waals surface area contributed by atoms with E-state index in [9.17, 15) is 9.59 Å². The summed E-state index contributed by atoms with van der Waals surface area (Å²) in [4.78, 5) is 23.1. The number of hydrogen-bond donors (Lipinski definition) is 3. The number of nitrogens with zero attached hydrogens (tertiary/aromatic N) is 1. The molecule has 2 amide bonds. The normalized spacial score (nSPS) is 24.4. The quantitative estimate of drug-likeness (QED) is 0.359. The molecule has 0 spiro atoms. The van der Waals surface area contributed by atoms with E-state index in [4.69, 9.17) is 13.7 Å². The van der Waals surface area contributed by atoms with Gasteiger partial charge in [-0.25, -0.2) is 0 Å². The molecule has 0 aromatic carbocycles. The van der Waals surface area contributed by atoms with Gasteiger partial charge in [-0.3, -0.25) is 9.89 Å². The predicted octanol–water partition coefficient (Wildman–Crippen LogP) is 3.42. The first-order valence-electron chi connectivity index (χ1n) is 10.6. The first kappa shape index (κ1) is 24.7. The third-order valence-electron chi connectivity index (χ3n) is 5.09. The molecule has 1 aromatic rings. The number of carbonyl (C=O) groups is 2. The van der Waals surface area contributed by atoms with E-state index < -0.39 is 18.8 Å². The number of nitrogens with one attached hydrogen (secondary N) is 3. The fourth-order valence-corrected chi connectivity index (χ4v) is 9.15. The molecular weight excluding hydrogens is 530 g/mol. The summed E-state index contributed by atoms with van der Waals surface area (Å²) >= 11 is -1.38. The Labute approximate surface area is 193 Å². The van der Waals surface area contributed by atoms with Gasteiger partial charge < -0.3 is 10.1 Å². The van der Waals surface area contributed by atoms with Crippen molar-refractivity contribution in [2.24, 2.45) is 5.92 Å². The first-order chi connectivity index (χ1) is 14.6. The fraction of sp³-hybridized carbons (Fsp3) is 0.750. The molecule has 2 saturated carbocycles. The maximum absolute atomic E-state index is 11.8. The van der Waals surface area contributed by atoms with Crippen molar-refractivity contribution in [2.75, 3.05) is 16.5 Å². The van der Waals surface area contributed by atoms with Crippen molar-refractivity contribution in [3.8, 4) is 0 Å². The second-order valence-corrected chi connectivity index (χ2v) is 19.2. The molecule has 9 nitrogen and oxygen atoms in total. The molecule has 3 fully saturated rings. The van der Waals surface area contributed by atoms with Crippen LogP contribution in [0.2, 0.25) is 4.37 Å². The van der Waals surface area contributed by atoms with Gasteiger partial charge in [-0.1, -0.05) is 0 Å². The van der Waals surface area contributed by atoms with E-state index in [2.05, 4.69) is 20.8 Å². The molecule has 4 rings (SSSR count). The number of ether oxygens (including phenoxy) is 2. The zero-order chi connectivity index (χ0) is 22.5. The average molecular weight is 563 g/mol. The molecular formula is C20H33N4O5SSb. The van der Waals surface area contributed by atoms with Crippen molar-refractivity contribution in [2.45, 2.75) is 75.0 Å². The standard InChI is InChI=1S/C12H19N3O2.C5H9NO2S.C3H6O.Sb/c1-12(2,3)17-9-6-8(7-9)11(16)14-10-4-5-13-15-10;1-5(2-3-5)6-4(7)8-9;1-3-4-2;/h4-5,8-9H,6-7H2,1-3H3,(H2,13,14,15,16);9H,2-3H2,1H3,(H,6,7);1-3H2;/q;;;+1/p-1. The van der Waals surface area contributed by atoms with Gasteiger partial charge in [0.25, 0.3) is 0 Å². The topological polar surface area (TPSA) is 115 Å². The van der Waals surface area contributed by atoms with E-state index in [1.54, 1.807) is 12.3 Å². The Morgan fingerprint density at radius 1 is 1.35 bits per heavy atom. The van der Waals surface area contributed by atoms with Crippen LogP contribution >= 0.6 is 9.13 Å². The van der Waals surface area contributed by atoms with Crippen LogP contribution in [0.15, 0.2) is 12.3 Å². The molecule has 0 bridgehead atoms. The van der Waals surface area contributed by atoms with Gasteiger partial charge in [0.05, 0.1) is 17.9 Å². The summed E-state index contributed by atoms with van der Waals surface area (Å²) in [5.74, 6) is 0.754. The number of aromatic nitrogens is 2. The minimum absolute atomic E-state index is 0.0242. The SMILES string of the molecule is CC(C)(C)OC1CC(C(=O)Nc2ccn[nH]2)C1.CC1(NC(=O)O[S][Sb]2[CH2]CO[CH2]2)CC1. The van der Waals surface area contributed by atoms with Crippen molar-refractivity contribution in [1.82, 2.24) is 15.5 Å². The molecule has 1 saturated heterocycles. The van der Waals surface area contributed by atoms with Gasteiger partial charge in [-0.2, -0.15) is 5.10 Å². The van der Waals surface area contributed by atoms with Crippen molar-refractivity contribution >= 4 is 45.8 Å². The number of H-pyrrole nitrogens is 1. The molecule has 1 aromatic heterocycles.